The van der Waals surface area contributed by atoms with Crippen LogP contribution in [0.4, 0.5) is 23.2 Å². The van der Waals surface area contributed by atoms with Crippen molar-refractivity contribution in [3.63, 3.8) is 0 Å². The predicted octanol–water partition coefficient (Wildman–Crippen LogP) is 2.60. The number of carbonyl (C=O) groups excluding carboxylic acids is 1. The molecule has 8 nitrogen and oxygen atoms in total. The lowest BCUT2D eigenvalue weighted by Gasteiger charge is -2.34. The average Bonchev–Trinajstić information content (AvgIpc) is 2.99. The van der Waals surface area contributed by atoms with Gasteiger partial charge in [0.25, 0.3) is 0 Å². The maximum absolute atomic E-state index is 13.3. The highest BCUT2D eigenvalue weighted by Gasteiger charge is 2.44. The van der Waals surface area contributed by atoms with Crippen LogP contribution in [-0.2, 0) is 24.1 Å². The largest absolute Gasteiger partial charge is 0.442 e. The third kappa shape index (κ3) is 4.75. The van der Waals surface area contributed by atoms with Crippen molar-refractivity contribution in [2.45, 2.75) is 26.2 Å². The second-order valence-electron chi connectivity index (χ2n) is 6.98. The Labute approximate surface area is 168 Å². The quantitative estimate of drug-likeness (QED) is 0.415. The summed E-state index contributed by atoms with van der Waals surface area (Å²) in [5.41, 5.74) is -2.28. The monoisotopic (exact) mass is 429 g/mol. The maximum Gasteiger partial charge on any atom is 0.442 e. The van der Waals surface area contributed by atoms with Gasteiger partial charge in [0, 0.05) is 32.7 Å². The minimum Gasteiger partial charge on any atom is -0.339 e. The number of alkyl halides is 3. The van der Waals surface area contributed by atoms with Crippen molar-refractivity contribution < 1.29 is 27.3 Å². The van der Waals surface area contributed by atoms with Gasteiger partial charge in [0.05, 0.1) is 4.92 Å². The minimum atomic E-state index is -5.00. The Morgan fingerprint density at radius 3 is 2.43 bits per heavy atom. The van der Waals surface area contributed by atoms with Crippen LogP contribution in [-0.4, -0.2) is 56.6 Å². The first-order chi connectivity index (χ1) is 14.1. The number of rotatable bonds is 5. The summed E-state index contributed by atoms with van der Waals surface area (Å²) in [5.74, 6) is -0.808. The molecule has 0 saturated carbocycles. The maximum atomic E-state index is 13.3. The number of hydrogen-bond acceptors (Lipinski definition) is 5. The van der Waals surface area contributed by atoms with E-state index < -0.39 is 34.9 Å². The highest BCUT2D eigenvalue weighted by molar-refractivity contribution is 5.76. The predicted molar refractivity (Wildman–Crippen MR) is 96.9 cm³/mol. The second kappa shape index (κ2) is 8.38. The van der Waals surface area contributed by atoms with Crippen LogP contribution in [0.25, 0.3) is 0 Å². The number of nitrogens with zero attached hydrogens (tertiary/aromatic N) is 5. The summed E-state index contributed by atoms with van der Waals surface area (Å²) >= 11 is 0. The highest BCUT2D eigenvalue weighted by Crippen LogP contribution is 2.36. The van der Waals surface area contributed by atoms with Crippen LogP contribution in [0.5, 0.6) is 0 Å². The van der Waals surface area contributed by atoms with Gasteiger partial charge in [0.1, 0.15) is 18.1 Å². The molecule has 0 atom stereocenters. The molecule has 1 fully saturated rings. The van der Waals surface area contributed by atoms with Crippen LogP contribution in [0.2, 0.25) is 0 Å². The zero-order chi connectivity index (χ0) is 22.1. The molecule has 0 aliphatic carbocycles. The fraction of sp³-hybridized carbons (Fsp3) is 0.444. The Morgan fingerprint density at radius 2 is 1.90 bits per heavy atom. The summed E-state index contributed by atoms with van der Waals surface area (Å²) in [4.78, 5) is 25.9. The molecule has 2 heterocycles. The number of aromatic nitrogens is 2. The van der Waals surface area contributed by atoms with E-state index in [1.165, 1.54) is 17.0 Å². The number of piperazine rings is 1. The molecule has 1 aromatic heterocycles. The van der Waals surface area contributed by atoms with Crippen LogP contribution in [0, 0.1) is 22.9 Å². The van der Waals surface area contributed by atoms with Crippen molar-refractivity contribution in [2.24, 2.45) is 0 Å². The number of halogens is 4. The Hall–Kier alpha value is -3.02. The topological polar surface area (TPSA) is 84.5 Å². The summed E-state index contributed by atoms with van der Waals surface area (Å²) in [7, 11) is 0. The summed E-state index contributed by atoms with van der Waals surface area (Å²) in [6, 6.07) is 6.20. The SMILES string of the molecule is Cc1c([N+](=O)[O-])c(C(F)(F)F)nn1CC(=O)N1CCN(Cc2cccc(F)c2)CC1. The summed E-state index contributed by atoms with van der Waals surface area (Å²) in [6.45, 7) is 2.81. The number of carbonyl (C=O) groups is 1. The molecule has 2 aromatic rings. The van der Waals surface area contributed by atoms with E-state index in [4.69, 9.17) is 0 Å². The number of amides is 1. The molecule has 162 valence electrons. The van der Waals surface area contributed by atoms with Crippen molar-refractivity contribution in [3.05, 3.63) is 57.1 Å². The second-order valence-corrected chi connectivity index (χ2v) is 6.98. The van der Waals surface area contributed by atoms with Crippen LogP contribution >= 0.6 is 0 Å². The lowest BCUT2D eigenvalue weighted by molar-refractivity contribution is -0.388. The van der Waals surface area contributed by atoms with Gasteiger partial charge >= 0.3 is 11.9 Å². The summed E-state index contributed by atoms with van der Waals surface area (Å²) in [5, 5.41) is 14.3. The third-order valence-electron chi connectivity index (χ3n) is 4.93. The van der Waals surface area contributed by atoms with Gasteiger partial charge in [-0.15, -0.1) is 0 Å². The molecule has 12 heteroatoms. The average molecular weight is 429 g/mol. The van der Waals surface area contributed by atoms with Gasteiger partial charge in [0.2, 0.25) is 11.6 Å². The molecular weight excluding hydrogens is 410 g/mol. The van der Waals surface area contributed by atoms with Crippen LogP contribution in [0.15, 0.2) is 24.3 Å². The lowest BCUT2D eigenvalue weighted by atomic mass is 10.2. The molecule has 1 aliphatic rings. The standard InChI is InChI=1S/C18H19F4N5O3/c1-12-16(27(29)30)17(18(20,21)22)23-26(12)11-15(28)25-7-5-24(6-8-25)10-13-3-2-4-14(19)9-13/h2-4,9H,5-8,10-11H2,1H3. The highest BCUT2D eigenvalue weighted by atomic mass is 19.4. The molecule has 3 rings (SSSR count). The van der Waals surface area contributed by atoms with Crippen LogP contribution in [0.3, 0.4) is 0 Å². The molecule has 1 amide bonds. The van der Waals surface area contributed by atoms with E-state index in [-0.39, 0.29) is 11.5 Å². The smallest absolute Gasteiger partial charge is 0.339 e. The Kier molecular flexibility index (Phi) is 6.06. The Bertz CT molecular complexity index is 952. The van der Waals surface area contributed by atoms with Gasteiger partial charge in [-0.3, -0.25) is 24.5 Å². The van der Waals surface area contributed by atoms with Gasteiger partial charge in [-0.05, 0) is 24.6 Å². The van der Waals surface area contributed by atoms with Gasteiger partial charge < -0.3 is 4.90 Å². The fourth-order valence-electron chi connectivity index (χ4n) is 3.38. The minimum absolute atomic E-state index is 0.328. The zero-order valence-electron chi connectivity index (χ0n) is 16.0. The third-order valence-corrected chi connectivity index (χ3v) is 4.93. The van der Waals surface area contributed by atoms with E-state index in [9.17, 15) is 32.5 Å². The molecule has 1 saturated heterocycles. The Balaban J connectivity index is 1.63. The van der Waals surface area contributed by atoms with E-state index in [0.29, 0.717) is 32.7 Å². The van der Waals surface area contributed by atoms with Crippen molar-refractivity contribution in [1.29, 1.82) is 0 Å². The summed E-state index contributed by atoms with van der Waals surface area (Å²) in [6.07, 6.45) is -5.00. The first-order valence-electron chi connectivity index (χ1n) is 9.10. The van der Waals surface area contributed by atoms with E-state index in [0.717, 1.165) is 17.2 Å². The van der Waals surface area contributed by atoms with E-state index in [2.05, 4.69) is 5.10 Å². The molecular formula is C18H19F4N5O3. The van der Waals surface area contributed by atoms with Gasteiger partial charge in [-0.2, -0.15) is 18.3 Å². The zero-order valence-corrected chi connectivity index (χ0v) is 16.0. The molecule has 0 radical (unpaired) electrons. The van der Waals surface area contributed by atoms with Gasteiger partial charge in [-0.25, -0.2) is 4.39 Å². The molecule has 1 aromatic carbocycles. The molecule has 30 heavy (non-hydrogen) atoms. The molecule has 0 bridgehead atoms. The molecule has 0 spiro atoms. The van der Waals surface area contributed by atoms with Crippen molar-refractivity contribution in [1.82, 2.24) is 19.6 Å². The van der Waals surface area contributed by atoms with Crippen LogP contribution < -0.4 is 0 Å². The summed E-state index contributed by atoms with van der Waals surface area (Å²) < 4.78 is 53.1. The Morgan fingerprint density at radius 1 is 1.23 bits per heavy atom. The number of hydrogen-bond donors (Lipinski definition) is 0. The van der Waals surface area contributed by atoms with Gasteiger partial charge in [-0.1, -0.05) is 12.1 Å². The first kappa shape index (κ1) is 21.7. The molecule has 1 aliphatic heterocycles. The van der Waals surface area contributed by atoms with Crippen molar-refractivity contribution in [2.75, 3.05) is 26.2 Å². The lowest BCUT2D eigenvalue weighted by Crippen LogP contribution is -2.49. The van der Waals surface area contributed by atoms with Crippen molar-refractivity contribution >= 4 is 11.6 Å². The van der Waals surface area contributed by atoms with E-state index in [1.54, 1.807) is 12.1 Å². The van der Waals surface area contributed by atoms with Crippen LogP contribution in [0.1, 0.15) is 17.0 Å². The van der Waals surface area contributed by atoms with Crippen molar-refractivity contribution in [3.8, 4) is 0 Å². The fourth-order valence-corrected chi connectivity index (χ4v) is 3.38. The first-order valence-corrected chi connectivity index (χ1v) is 9.10. The molecule has 0 N–H and O–H groups in total. The van der Waals surface area contributed by atoms with Gasteiger partial charge in [0.15, 0.2) is 0 Å². The number of benzene rings is 1. The number of nitro groups is 1. The molecule has 0 unspecified atom stereocenters. The van der Waals surface area contributed by atoms with E-state index in [1.807, 2.05) is 4.90 Å². The normalized spacial score (nSPS) is 15.4. The van der Waals surface area contributed by atoms with E-state index >= 15 is 0 Å².